The van der Waals surface area contributed by atoms with Crippen LogP contribution in [0.25, 0.3) is 10.9 Å². The predicted octanol–water partition coefficient (Wildman–Crippen LogP) is 4.07. The summed E-state index contributed by atoms with van der Waals surface area (Å²) in [6, 6.07) is 22.8. The van der Waals surface area contributed by atoms with Gasteiger partial charge in [-0.05, 0) is 48.5 Å². The molecule has 0 aliphatic heterocycles. The third kappa shape index (κ3) is 5.17. The highest BCUT2D eigenvalue weighted by molar-refractivity contribution is 6.00. The quantitative estimate of drug-likeness (QED) is 0.431. The van der Waals surface area contributed by atoms with Crippen molar-refractivity contribution in [1.29, 1.82) is 0 Å². The molecule has 0 bridgehead atoms. The highest BCUT2D eigenvalue weighted by Crippen LogP contribution is 2.15. The second-order valence-corrected chi connectivity index (χ2v) is 7.07. The first kappa shape index (κ1) is 20.8. The summed E-state index contributed by atoms with van der Waals surface area (Å²) >= 11 is 0. The van der Waals surface area contributed by atoms with Gasteiger partial charge in [-0.25, -0.2) is 4.79 Å². The van der Waals surface area contributed by atoms with Crippen molar-refractivity contribution in [2.75, 3.05) is 16.0 Å². The maximum Gasteiger partial charge on any atom is 0.323 e. The van der Waals surface area contributed by atoms with E-state index in [0.29, 0.717) is 34.5 Å². The molecule has 3 aromatic carbocycles. The lowest BCUT2D eigenvalue weighted by Gasteiger charge is -2.10. The van der Waals surface area contributed by atoms with Gasteiger partial charge in [-0.3, -0.25) is 14.3 Å². The molecule has 0 aliphatic rings. The smallest absolute Gasteiger partial charge is 0.323 e. The van der Waals surface area contributed by atoms with Gasteiger partial charge in [-0.15, -0.1) is 0 Å². The zero-order valence-corrected chi connectivity index (χ0v) is 17.1. The number of nitrogens with one attached hydrogen (secondary N) is 3. The summed E-state index contributed by atoms with van der Waals surface area (Å²) in [6.07, 6.45) is 1.46. The minimum absolute atomic E-state index is 0.146. The number of aromatic nitrogens is 2. The summed E-state index contributed by atoms with van der Waals surface area (Å²) in [5, 5.41) is 13.0. The van der Waals surface area contributed by atoms with Crippen LogP contribution < -0.4 is 21.4 Å². The van der Waals surface area contributed by atoms with E-state index in [-0.39, 0.29) is 23.8 Å². The molecule has 4 rings (SSSR count). The second-order valence-electron chi connectivity index (χ2n) is 7.07. The van der Waals surface area contributed by atoms with Gasteiger partial charge in [0.2, 0.25) is 11.3 Å². The highest BCUT2D eigenvalue weighted by atomic mass is 16.2. The van der Waals surface area contributed by atoms with E-state index < -0.39 is 0 Å². The van der Waals surface area contributed by atoms with Gasteiger partial charge in [-0.1, -0.05) is 30.3 Å². The Morgan fingerprint density at radius 2 is 1.34 bits per heavy atom. The molecule has 0 saturated carbocycles. The van der Waals surface area contributed by atoms with Crippen LogP contribution in [-0.4, -0.2) is 21.7 Å². The van der Waals surface area contributed by atoms with E-state index in [0.717, 1.165) is 0 Å². The van der Waals surface area contributed by atoms with Gasteiger partial charge in [0, 0.05) is 28.9 Å². The van der Waals surface area contributed by atoms with E-state index >= 15 is 0 Å². The number of nitrogens with zero attached hydrogens (tertiary/aromatic N) is 2. The fraction of sp³-hybridized carbons (Fsp3) is 0.0833. The van der Waals surface area contributed by atoms with Crippen molar-refractivity contribution in [3.8, 4) is 0 Å². The second kappa shape index (κ2) is 9.57. The topological polar surface area (TPSA) is 105 Å². The summed E-state index contributed by atoms with van der Waals surface area (Å²) < 4.78 is 1.65. The molecule has 0 aliphatic carbocycles. The maximum atomic E-state index is 12.4. The van der Waals surface area contributed by atoms with E-state index in [2.05, 4.69) is 21.0 Å². The molecule has 3 amide bonds. The van der Waals surface area contributed by atoms with Crippen LogP contribution in [0.2, 0.25) is 0 Å². The van der Waals surface area contributed by atoms with Gasteiger partial charge in [0.15, 0.2) is 0 Å². The van der Waals surface area contributed by atoms with Crippen molar-refractivity contribution in [3.05, 3.63) is 95.3 Å². The minimum Gasteiger partial charge on any atom is -0.326 e. The average molecular weight is 427 g/mol. The van der Waals surface area contributed by atoms with Crippen LogP contribution >= 0.6 is 0 Å². The van der Waals surface area contributed by atoms with E-state index in [4.69, 9.17) is 0 Å². The number of amides is 3. The number of fused-ring (bicyclic) bond motifs is 1. The molecular weight excluding hydrogens is 406 g/mol. The van der Waals surface area contributed by atoms with Crippen molar-refractivity contribution in [2.24, 2.45) is 0 Å². The Labute approximate surface area is 183 Å². The highest BCUT2D eigenvalue weighted by Gasteiger charge is 2.08. The van der Waals surface area contributed by atoms with Crippen molar-refractivity contribution in [1.82, 2.24) is 9.78 Å². The van der Waals surface area contributed by atoms with Gasteiger partial charge in [0.25, 0.3) is 0 Å². The van der Waals surface area contributed by atoms with Crippen LogP contribution in [0.5, 0.6) is 0 Å². The number of urea groups is 1. The number of benzene rings is 3. The number of para-hydroxylation sites is 2. The molecule has 1 aromatic heterocycles. The molecule has 0 radical (unpaired) electrons. The summed E-state index contributed by atoms with van der Waals surface area (Å²) in [5.41, 5.74) is 2.45. The van der Waals surface area contributed by atoms with Crippen LogP contribution in [0.4, 0.5) is 21.9 Å². The van der Waals surface area contributed by atoms with Crippen LogP contribution in [0.1, 0.15) is 6.42 Å². The lowest BCUT2D eigenvalue weighted by atomic mass is 10.2. The number of carbonyl (C=O) groups is 2. The number of rotatable bonds is 6. The first-order valence-corrected chi connectivity index (χ1v) is 10.1. The third-order valence-electron chi connectivity index (χ3n) is 4.77. The van der Waals surface area contributed by atoms with E-state index in [9.17, 15) is 14.4 Å². The summed E-state index contributed by atoms with van der Waals surface area (Å²) in [6.45, 7) is 0.339. The molecule has 0 unspecified atom stereocenters. The Morgan fingerprint density at radius 3 is 2.06 bits per heavy atom. The van der Waals surface area contributed by atoms with Crippen molar-refractivity contribution < 1.29 is 9.59 Å². The largest absolute Gasteiger partial charge is 0.326 e. The number of anilines is 3. The van der Waals surface area contributed by atoms with E-state index in [1.54, 1.807) is 59.3 Å². The summed E-state index contributed by atoms with van der Waals surface area (Å²) in [5.74, 6) is -0.183. The van der Waals surface area contributed by atoms with Crippen LogP contribution in [-0.2, 0) is 11.3 Å². The maximum absolute atomic E-state index is 12.4. The Kier molecular flexibility index (Phi) is 6.22. The predicted molar refractivity (Wildman–Crippen MR) is 125 cm³/mol. The molecule has 32 heavy (non-hydrogen) atoms. The fourth-order valence-corrected chi connectivity index (χ4v) is 3.22. The van der Waals surface area contributed by atoms with E-state index in [1.165, 1.54) is 6.20 Å². The third-order valence-corrected chi connectivity index (χ3v) is 4.77. The molecule has 8 heteroatoms. The van der Waals surface area contributed by atoms with Crippen LogP contribution in [0, 0.1) is 0 Å². The fourth-order valence-electron chi connectivity index (χ4n) is 3.22. The van der Waals surface area contributed by atoms with Gasteiger partial charge >= 0.3 is 6.03 Å². The molecule has 160 valence electrons. The zero-order valence-electron chi connectivity index (χ0n) is 17.1. The molecule has 8 nitrogen and oxygen atoms in total. The lowest BCUT2D eigenvalue weighted by Crippen LogP contribution is -2.19. The first-order chi connectivity index (χ1) is 15.6. The van der Waals surface area contributed by atoms with Gasteiger partial charge in [-0.2, -0.15) is 5.10 Å². The number of aryl methyl sites for hydroxylation is 1. The normalized spacial score (nSPS) is 10.5. The minimum atomic E-state index is -0.353. The lowest BCUT2D eigenvalue weighted by molar-refractivity contribution is -0.116. The summed E-state index contributed by atoms with van der Waals surface area (Å²) in [4.78, 5) is 36.3. The van der Waals surface area contributed by atoms with Gasteiger partial charge < -0.3 is 16.0 Å². The first-order valence-electron chi connectivity index (χ1n) is 10.1. The average Bonchev–Trinajstić information content (AvgIpc) is 2.81. The Bertz CT molecular complexity index is 1300. The molecular formula is C24H21N5O3. The van der Waals surface area contributed by atoms with Crippen molar-refractivity contribution in [3.63, 3.8) is 0 Å². The number of hydrogen-bond acceptors (Lipinski definition) is 4. The molecule has 1 heterocycles. The molecule has 0 fully saturated rings. The molecule has 0 atom stereocenters. The van der Waals surface area contributed by atoms with Gasteiger partial charge in [0.1, 0.15) is 0 Å². The standard InChI is InChI=1S/C24H21N5O3/c30-22-16-25-29(21-9-5-4-8-20(21)22)15-14-23(31)26-18-10-12-19(13-11-18)28-24(32)27-17-6-2-1-3-7-17/h1-13,16H,14-15H2,(H,26,31)(H2,27,28,32). The van der Waals surface area contributed by atoms with Crippen molar-refractivity contribution in [2.45, 2.75) is 13.0 Å². The Morgan fingerprint density at radius 1 is 0.750 bits per heavy atom. The summed E-state index contributed by atoms with van der Waals surface area (Å²) in [7, 11) is 0. The number of hydrogen-bond donors (Lipinski definition) is 3. The number of carbonyl (C=O) groups excluding carboxylic acids is 2. The molecule has 0 saturated heterocycles. The van der Waals surface area contributed by atoms with Crippen LogP contribution in [0.15, 0.2) is 89.9 Å². The Balaban J connectivity index is 1.31. The SMILES string of the molecule is O=C(CCn1ncc(=O)c2ccccc21)Nc1ccc(NC(=O)Nc2ccccc2)cc1. The Hall–Kier alpha value is -4.46. The zero-order chi connectivity index (χ0) is 22.3. The van der Waals surface area contributed by atoms with Crippen LogP contribution in [0.3, 0.4) is 0 Å². The molecule has 3 N–H and O–H groups in total. The van der Waals surface area contributed by atoms with Gasteiger partial charge in [0.05, 0.1) is 18.3 Å². The van der Waals surface area contributed by atoms with Crippen molar-refractivity contribution >= 4 is 39.9 Å². The monoisotopic (exact) mass is 427 g/mol. The molecule has 0 spiro atoms. The molecule has 4 aromatic rings. The van der Waals surface area contributed by atoms with E-state index in [1.807, 2.05) is 24.3 Å².